The smallest absolute Gasteiger partial charge is 0.423 e. The van der Waals surface area contributed by atoms with Crippen LogP contribution in [0, 0.1) is 3.57 Å². The summed E-state index contributed by atoms with van der Waals surface area (Å²) in [6.45, 7) is 6.14. The van der Waals surface area contributed by atoms with Crippen LogP contribution in [0.2, 0.25) is 0 Å². The maximum absolute atomic E-state index is 11.2. The molecule has 8 heteroatoms. The second kappa shape index (κ2) is 15.8. The average Bonchev–Trinajstić information content (AvgIpc) is 2.94. The van der Waals surface area contributed by atoms with Gasteiger partial charge in [-0.15, -0.1) is 0 Å². The molecule has 0 heterocycles. The molecule has 0 unspecified atom stereocenters. The minimum absolute atomic E-state index is 0.0334. The van der Waals surface area contributed by atoms with E-state index in [1.54, 1.807) is 32.9 Å². The van der Waals surface area contributed by atoms with Crippen molar-refractivity contribution in [2.75, 3.05) is 0 Å². The van der Waals surface area contributed by atoms with Crippen molar-refractivity contribution in [1.82, 2.24) is 0 Å². The minimum atomic E-state index is -1.47. The Balaban J connectivity index is 0.000000222. The number of hydrogen-bond acceptors (Lipinski definition) is 6. The van der Waals surface area contributed by atoms with Crippen molar-refractivity contribution >= 4 is 58.3 Å². The predicted molar refractivity (Wildman–Crippen MR) is 167 cm³/mol. The summed E-state index contributed by atoms with van der Waals surface area (Å²) in [5.74, 6) is 0.215. The van der Waals surface area contributed by atoms with E-state index in [4.69, 9.17) is 10.0 Å². The average molecular weight is 648 g/mol. The zero-order valence-electron chi connectivity index (χ0n) is 22.7. The van der Waals surface area contributed by atoms with Gasteiger partial charge >= 0.3 is 7.12 Å². The van der Waals surface area contributed by atoms with E-state index in [0.717, 1.165) is 20.3 Å². The fourth-order valence-corrected chi connectivity index (χ4v) is 3.73. The highest BCUT2D eigenvalue weighted by Crippen LogP contribution is 2.20. The molecule has 4 rings (SSSR count). The second-order valence-corrected chi connectivity index (χ2v) is 10.1. The van der Waals surface area contributed by atoms with Crippen molar-refractivity contribution in [1.29, 1.82) is 0 Å². The van der Waals surface area contributed by atoms with Crippen molar-refractivity contribution in [3.05, 3.63) is 123 Å². The summed E-state index contributed by atoms with van der Waals surface area (Å²) in [4.78, 5) is 43.9. The van der Waals surface area contributed by atoms with Crippen LogP contribution in [0.3, 0.4) is 0 Å². The Morgan fingerprint density at radius 1 is 0.475 bits per heavy atom. The Kier molecular flexibility index (Phi) is 12.8. The van der Waals surface area contributed by atoms with Gasteiger partial charge in [0, 0.05) is 25.8 Å². The standard InChI is InChI=1S/C16H14O2.C8H9BO3.C8H7IO/c1-11(17)13-3-7-15(8-4-13)16-9-5-14(6-10-16)12(2)18;1-6(10)7-2-4-8(5-3-7)9(11)12;1-6(10)7-2-4-8(9)5-3-7/h3-10H,1-2H3;2-5,11-12H,1H3;2-5H,1H3. The lowest BCUT2D eigenvalue weighted by Gasteiger charge is -2.03. The molecule has 0 radical (unpaired) electrons. The van der Waals surface area contributed by atoms with Gasteiger partial charge in [0.15, 0.2) is 23.1 Å². The van der Waals surface area contributed by atoms with Crippen LogP contribution < -0.4 is 5.46 Å². The molecule has 6 nitrogen and oxygen atoms in total. The van der Waals surface area contributed by atoms with E-state index in [2.05, 4.69) is 22.6 Å². The quantitative estimate of drug-likeness (QED) is 0.155. The Hall–Kier alpha value is -3.73. The predicted octanol–water partition coefficient (Wildman–Crippen LogP) is 5.82. The molecule has 0 aromatic heterocycles. The highest BCUT2D eigenvalue weighted by molar-refractivity contribution is 14.1. The van der Waals surface area contributed by atoms with Gasteiger partial charge in [-0.25, -0.2) is 0 Å². The first-order chi connectivity index (χ1) is 18.9. The third kappa shape index (κ3) is 10.4. The van der Waals surface area contributed by atoms with Gasteiger partial charge in [-0.05, 0) is 79.0 Å². The molecule has 0 saturated carbocycles. The molecule has 0 bridgehead atoms. The summed E-state index contributed by atoms with van der Waals surface area (Å²) in [6, 6.07) is 28.6. The number of carbonyl (C=O) groups excluding carboxylic acids is 4. The van der Waals surface area contributed by atoms with Gasteiger partial charge in [-0.1, -0.05) is 84.9 Å². The maximum Gasteiger partial charge on any atom is 0.488 e. The topological polar surface area (TPSA) is 109 Å². The molecular weight excluding hydrogens is 618 g/mol. The number of carbonyl (C=O) groups is 4. The molecule has 0 amide bonds. The first-order valence-corrected chi connectivity index (χ1v) is 13.4. The lowest BCUT2D eigenvalue weighted by Crippen LogP contribution is -2.29. The van der Waals surface area contributed by atoms with Crippen LogP contribution >= 0.6 is 22.6 Å². The zero-order chi connectivity index (χ0) is 29.8. The molecule has 2 N–H and O–H groups in total. The van der Waals surface area contributed by atoms with E-state index in [-0.39, 0.29) is 23.1 Å². The number of Topliss-reactive ketones (excluding diaryl/α,β-unsaturated/α-hetero) is 4. The van der Waals surface area contributed by atoms with Gasteiger partial charge in [0.2, 0.25) is 0 Å². The third-order valence-corrected chi connectivity index (χ3v) is 6.50. The molecule has 0 spiro atoms. The van der Waals surface area contributed by atoms with Gasteiger partial charge in [0.25, 0.3) is 0 Å². The molecule has 0 atom stereocenters. The Labute approximate surface area is 248 Å². The lowest BCUT2D eigenvalue weighted by atomic mass is 9.80. The Morgan fingerprint density at radius 2 is 0.725 bits per heavy atom. The van der Waals surface area contributed by atoms with Gasteiger partial charge in [0.05, 0.1) is 0 Å². The fourth-order valence-electron chi connectivity index (χ4n) is 3.37. The maximum atomic E-state index is 11.2. The van der Waals surface area contributed by atoms with Crippen molar-refractivity contribution in [3.8, 4) is 11.1 Å². The molecule has 4 aromatic carbocycles. The summed E-state index contributed by atoms with van der Waals surface area (Å²) in [7, 11) is -1.47. The van der Waals surface area contributed by atoms with E-state index in [1.165, 1.54) is 19.1 Å². The van der Waals surface area contributed by atoms with Crippen molar-refractivity contribution in [2.45, 2.75) is 27.7 Å². The third-order valence-electron chi connectivity index (χ3n) is 5.78. The summed E-state index contributed by atoms with van der Waals surface area (Å²) in [5.41, 5.74) is 5.23. The van der Waals surface area contributed by atoms with Crippen molar-refractivity contribution in [3.63, 3.8) is 0 Å². The molecular formula is C32H30BIO6. The summed E-state index contributed by atoms with van der Waals surface area (Å²) in [6.07, 6.45) is 0. The van der Waals surface area contributed by atoms with Gasteiger partial charge in [-0.3, -0.25) is 19.2 Å². The molecule has 0 aliphatic carbocycles. The summed E-state index contributed by atoms with van der Waals surface area (Å²) in [5, 5.41) is 17.4. The first-order valence-electron chi connectivity index (χ1n) is 12.3. The molecule has 40 heavy (non-hydrogen) atoms. The van der Waals surface area contributed by atoms with Crippen LogP contribution in [-0.2, 0) is 0 Å². The largest absolute Gasteiger partial charge is 0.488 e. The molecule has 204 valence electrons. The molecule has 4 aromatic rings. The lowest BCUT2D eigenvalue weighted by molar-refractivity contribution is 0.100. The number of hydrogen-bond donors (Lipinski definition) is 2. The monoisotopic (exact) mass is 648 g/mol. The van der Waals surface area contributed by atoms with Crippen LogP contribution in [0.1, 0.15) is 69.1 Å². The fraction of sp³-hybridized carbons (Fsp3) is 0.125. The minimum Gasteiger partial charge on any atom is -0.423 e. The first kappa shape index (κ1) is 32.5. The molecule has 0 saturated heterocycles. The number of halogens is 1. The highest BCUT2D eigenvalue weighted by Gasteiger charge is 2.10. The van der Waals surface area contributed by atoms with Crippen molar-refractivity contribution < 1.29 is 29.2 Å². The van der Waals surface area contributed by atoms with E-state index in [9.17, 15) is 19.2 Å². The van der Waals surface area contributed by atoms with E-state index in [0.29, 0.717) is 22.2 Å². The Morgan fingerprint density at radius 3 is 0.975 bits per heavy atom. The second-order valence-electron chi connectivity index (χ2n) is 8.88. The van der Waals surface area contributed by atoms with E-state index >= 15 is 0 Å². The molecule has 0 aliphatic rings. The zero-order valence-corrected chi connectivity index (χ0v) is 24.9. The van der Waals surface area contributed by atoms with Crippen LogP contribution in [0.4, 0.5) is 0 Å². The SMILES string of the molecule is CC(=O)c1ccc(-c2ccc(C(C)=O)cc2)cc1.CC(=O)c1ccc(B(O)O)cc1.CC(=O)c1ccc(I)cc1. The van der Waals surface area contributed by atoms with Gasteiger partial charge < -0.3 is 10.0 Å². The Bertz CT molecular complexity index is 1390. The van der Waals surface area contributed by atoms with E-state index < -0.39 is 7.12 Å². The normalized spacial score (nSPS) is 9.78. The van der Waals surface area contributed by atoms with Crippen LogP contribution in [-0.4, -0.2) is 40.3 Å². The van der Waals surface area contributed by atoms with Gasteiger partial charge in [0.1, 0.15) is 0 Å². The van der Waals surface area contributed by atoms with Gasteiger partial charge in [-0.2, -0.15) is 0 Å². The number of rotatable bonds is 6. The van der Waals surface area contributed by atoms with Crippen LogP contribution in [0.25, 0.3) is 11.1 Å². The highest BCUT2D eigenvalue weighted by atomic mass is 127. The molecule has 0 aliphatic heterocycles. The van der Waals surface area contributed by atoms with Crippen molar-refractivity contribution in [2.24, 2.45) is 0 Å². The summed E-state index contributed by atoms with van der Waals surface area (Å²) < 4.78 is 1.16. The number of ketones is 4. The van der Waals surface area contributed by atoms with E-state index in [1.807, 2.05) is 72.8 Å². The summed E-state index contributed by atoms with van der Waals surface area (Å²) >= 11 is 2.21. The van der Waals surface area contributed by atoms with Crippen LogP contribution in [0.5, 0.6) is 0 Å². The molecule has 0 fully saturated rings. The number of benzene rings is 4. The van der Waals surface area contributed by atoms with Crippen LogP contribution in [0.15, 0.2) is 97.1 Å².